The minimum atomic E-state index is -3.46. The fraction of sp³-hybridized carbons (Fsp3) is 0.500. The van der Waals surface area contributed by atoms with E-state index in [0.29, 0.717) is 10.0 Å². The van der Waals surface area contributed by atoms with E-state index < -0.39 is 21.1 Å². The van der Waals surface area contributed by atoms with Crippen LogP contribution in [-0.4, -0.2) is 25.7 Å². The average Bonchev–Trinajstić information content (AvgIpc) is 2.26. The number of hydrogen-bond acceptors (Lipinski definition) is 4. The fourth-order valence-electron chi connectivity index (χ4n) is 1.62. The lowest BCUT2D eigenvalue weighted by Gasteiger charge is -2.14. The van der Waals surface area contributed by atoms with Crippen LogP contribution in [-0.2, 0) is 14.6 Å². The molecule has 0 saturated carbocycles. The maximum atomic E-state index is 12.3. The van der Waals surface area contributed by atoms with Gasteiger partial charge in [-0.2, -0.15) is 0 Å². The van der Waals surface area contributed by atoms with Crippen LogP contribution in [0.1, 0.15) is 43.6 Å². The Morgan fingerprint density at radius 3 is 2.20 bits per heavy atom. The normalized spacial score (nSPS) is 12.0. The van der Waals surface area contributed by atoms with E-state index in [9.17, 15) is 13.2 Å². The Labute approximate surface area is 128 Å². The van der Waals surface area contributed by atoms with Gasteiger partial charge in [0.05, 0.1) is 21.8 Å². The van der Waals surface area contributed by atoms with Crippen LogP contribution in [0.5, 0.6) is 0 Å². The number of rotatable bonds is 4. The van der Waals surface area contributed by atoms with E-state index in [2.05, 4.69) is 15.9 Å². The third-order valence-electron chi connectivity index (χ3n) is 2.77. The standard InChI is InChI=1S/C14H19BrO4S/c1-8(2)19-14(16)11-7-13(12(15)6-10(11)5)20(17,18)9(3)4/h6-9H,1-5H3. The smallest absolute Gasteiger partial charge is 0.338 e. The molecule has 0 aromatic heterocycles. The zero-order chi connectivity index (χ0) is 15.7. The largest absolute Gasteiger partial charge is 0.459 e. The molecule has 0 unspecified atom stereocenters. The Kier molecular flexibility index (Phi) is 5.38. The molecule has 0 N–H and O–H groups in total. The summed E-state index contributed by atoms with van der Waals surface area (Å²) in [6.07, 6.45) is -0.254. The van der Waals surface area contributed by atoms with E-state index in [1.807, 2.05) is 0 Å². The maximum absolute atomic E-state index is 12.3. The monoisotopic (exact) mass is 362 g/mol. The number of benzene rings is 1. The number of carbonyl (C=O) groups is 1. The first-order valence-corrected chi connectivity index (χ1v) is 8.66. The van der Waals surface area contributed by atoms with Crippen LogP contribution in [0.2, 0.25) is 0 Å². The van der Waals surface area contributed by atoms with Crippen molar-refractivity contribution in [2.75, 3.05) is 0 Å². The van der Waals surface area contributed by atoms with Gasteiger partial charge in [0, 0.05) is 4.47 Å². The molecule has 6 heteroatoms. The molecule has 0 spiro atoms. The lowest BCUT2D eigenvalue weighted by molar-refractivity contribution is 0.0376. The predicted molar refractivity (Wildman–Crippen MR) is 81.8 cm³/mol. The van der Waals surface area contributed by atoms with Crippen molar-refractivity contribution in [3.05, 3.63) is 27.7 Å². The van der Waals surface area contributed by atoms with Gasteiger partial charge in [-0.25, -0.2) is 13.2 Å². The highest BCUT2D eigenvalue weighted by Gasteiger charge is 2.25. The molecule has 0 saturated heterocycles. The Morgan fingerprint density at radius 1 is 1.20 bits per heavy atom. The number of ether oxygens (including phenoxy) is 1. The summed E-state index contributed by atoms with van der Waals surface area (Å²) < 4.78 is 30.2. The van der Waals surface area contributed by atoms with E-state index >= 15 is 0 Å². The Morgan fingerprint density at radius 2 is 1.75 bits per heavy atom. The summed E-state index contributed by atoms with van der Waals surface area (Å²) in [5.74, 6) is -0.509. The molecule has 1 rings (SSSR count). The number of carbonyl (C=O) groups excluding carboxylic acids is 1. The van der Waals surface area contributed by atoms with Gasteiger partial charge >= 0.3 is 5.97 Å². The molecule has 0 fully saturated rings. The molecule has 0 radical (unpaired) electrons. The summed E-state index contributed by atoms with van der Waals surface area (Å²) in [6, 6.07) is 3.02. The highest BCUT2D eigenvalue weighted by Crippen LogP contribution is 2.29. The number of sulfone groups is 1. The van der Waals surface area contributed by atoms with Crippen LogP contribution in [0.3, 0.4) is 0 Å². The van der Waals surface area contributed by atoms with Crippen molar-refractivity contribution in [1.29, 1.82) is 0 Å². The van der Waals surface area contributed by atoms with Crippen molar-refractivity contribution in [3.63, 3.8) is 0 Å². The van der Waals surface area contributed by atoms with Gasteiger partial charge < -0.3 is 4.74 Å². The molecule has 20 heavy (non-hydrogen) atoms. The number of hydrogen-bond donors (Lipinski definition) is 0. The predicted octanol–water partition coefficient (Wildman–Crippen LogP) is 3.50. The molecule has 0 aliphatic rings. The van der Waals surface area contributed by atoms with Gasteiger partial charge in [-0.15, -0.1) is 0 Å². The summed E-state index contributed by atoms with van der Waals surface area (Å²) in [6.45, 7) is 8.45. The third kappa shape index (κ3) is 3.61. The van der Waals surface area contributed by atoms with Crippen molar-refractivity contribution < 1.29 is 17.9 Å². The van der Waals surface area contributed by atoms with Crippen LogP contribution in [0, 0.1) is 6.92 Å². The first kappa shape index (κ1) is 17.2. The first-order valence-electron chi connectivity index (χ1n) is 6.32. The van der Waals surface area contributed by atoms with E-state index in [-0.39, 0.29) is 16.6 Å². The number of aryl methyl sites for hydroxylation is 1. The highest BCUT2D eigenvalue weighted by atomic mass is 79.9. The lowest BCUT2D eigenvalue weighted by Crippen LogP contribution is -2.17. The summed E-state index contributed by atoms with van der Waals surface area (Å²) in [5.41, 5.74) is 0.950. The zero-order valence-electron chi connectivity index (χ0n) is 12.2. The zero-order valence-corrected chi connectivity index (χ0v) is 14.6. The second-order valence-electron chi connectivity index (χ2n) is 5.15. The molecular weight excluding hydrogens is 344 g/mol. The summed E-state index contributed by atoms with van der Waals surface area (Å²) in [4.78, 5) is 12.1. The molecule has 0 heterocycles. The van der Waals surface area contributed by atoms with Crippen LogP contribution in [0.4, 0.5) is 0 Å². The molecule has 1 aromatic carbocycles. The van der Waals surface area contributed by atoms with Gasteiger partial charge in [-0.3, -0.25) is 0 Å². The molecule has 0 amide bonds. The van der Waals surface area contributed by atoms with Crippen molar-refractivity contribution >= 4 is 31.7 Å². The van der Waals surface area contributed by atoms with E-state index in [0.717, 1.165) is 0 Å². The molecule has 1 aromatic rings. The van der Waals surface area contributed by atoms with Crippen molar-refractivity contribution in [2.45, 2.75) is 50.9 Å². The van der Waals surface area contributed by atoms with Crippen molar-refractivity contribution in [2.24, 2.45) is 0 Å². The number of halogens is 1. The van der Waals surface area contributed by atoms with Gasteiger partial charge in [-0.1, -0.05) is 0 Å². The second kappa shape index (κ2) is 6.26. The molecule has 0 aliphatic carbocycles. The van der Waals surface area contributed by atoms with Crippen LogP contribution >= 0.6 is 15.9 Å². The van der Waals surface area contributed by atoms with E-state index in [1.165, 1.54) is 6.07 Å². The van der Waals surface area contributed by atoms with Gasteiger partial charge in [0.1, 0.15) is 0 Å². The summed E-state index contributed by atoms with van der Waals surface area (Å²) in [5, 5.41) is -0.560. The summed E-state index contributed by atoms with van der Waals surface area (Å²) in [7, 11) is -3.46. The van der Waals surface area contributed by atoms with E-state index in [4.69, 9.17) is 4.74 Å². The van der Waals surface area contributed by atoms with Gasteiger partial charge in [-0.05, 0) is 68.2 Å². The fourth-order valence-corrected chi connectivity index (χ4v) is 3.88. The Balaban J connectivity index is 3.41. The van der Waals surface area contributed by atoms with Crippen molar-refractivity contribution in [3.8, 4) is 0 Å². The molecule has 0 aliphatic heterocycles. The van der Waals surface area contributed by atoms with Crippen LogP contribution < -0.4 is 0 Å². The lowest BCUT2D eigenvalue weighted by atomic mass is 10.1. The molecule has 0 bridgehead atoms. The summed E-state index contributed by atoms with van der Waals surface area (Å²) >= 11 is 3.25. The second-order valence-corrected chi connectivity index (χ2v) is 8.47. The molecule has 112 valence electrons. The Bertz CT molecular complexity index is 618. The van der Waals surface area contributed by atoms with Crippen molar-refractivity contribution in [1.82, 2.24) is 0 Å². The third-order valence-corrected chi connectivity index (χ3v) is 5.88. The Hall–Kier alpha value is -0.880. The van der Waals surface area contributed by atoms with Gasteiger partial charge in [0.15, 0.2) is 9.84 Å². The minimum Gasteiger partial charge on any atom is -0.459 e. The van der Waals surface area contributed by atoms with Gasteiger partial charge in [0.25, 0.3) is 0 Å². The first-order chi connectivity index (χ1) is 9.07. The minimum absolute atomic E-state index is 0.119. The SMILES string of the molecule is Cc1cc(Br)c(S(=O)(=O)C(C)C)cc1C(=O)OC(C)C. The highest BCUT2D eigenvalue weighted by molar-refractivity contribution is 9.10. The molecular formula is C14H19BrO4S. The quantitative estimate of drug-likeness (QED) is 0.769. The number of esters is 1. The van der Waals surface area contributed by atoms with Crippen LogP contribution in [0.25, 0.3) is 0 Å². The maximum Gasteiger partial charge on any atom is 0.338 e. The molecule has 0 atom stereocenters. The topological polar surface area (TPSA) is 60.4 Å². The average molecular weight is 363 g/mol. The van der Waals surface area contributed by atoms with Gasteiger partial charge in [0.2, 0.25) is 0 Å². The molecule has 4 nitrogen and oxygen atoms in total. The van der Waals surface area contributed by atoms with E-state index in [1.54, 1.807) is 40.7 Å². The van der Waals surface area contributed by atoms with Crippen LogP contribution in [0.15, 0.2) is 21.5 Å².